The van der Waals surface area contributed by atoms with Crippen LogP contribution in [-0.2, 0) is 29.1 Å². The third kappa shape index (κ3) is 5.75. The van der Waals surface area contributed by atoms with E-state index in [-0.39, 0.29) is 42.5 Å². The van der Waals surface area contributed by atoms with Crippen LogP contribution in [-0.4, -0.2) is 55.9 Å². The summed E-state index contributed by atoms with van der Waals surface area (Å²) in [6, 6.07) is 13.3. The number of nitro groups is 1. The third-order valence-electron chi connectivity index (χ3n) is 5.62. The molecule has 2 aromatic rings. The topological polar surface area (TPSA) is 133 Å². The van der Waals surface area contributed by atoms with Gasteiger partial charge in [-0.05, 0) is 31.5 Å². The van der Waals surface area contributed by atoms with E-state index in [1.165, 1.54) is 6.08 Å². The third-order valence-corrected chi connectivity index (χ3v) is 7.46. The highest BCUT2D eigenvalue weighted by molar-refractivity contribution is 7.89. The largest absolute Gasteiger partial charge is 0.466 e. The monoisotopic (exact) mass is 502 g/mol. The lowest BCUT2D eigenvalue weighted by molar-refractivity contribution is -0.384. The molecule has 1 aliphatic rings. The fourth-order valence-corrected chi connectivity index (χ4v) is 5.38. The van der Waals surface area contributed by atoms with E-state index in [2.05, 4.69) is 0 Å². The van der Waals surface area contributed by atoms with Crippen LogP contribution in [0, 0.1) is 16.0 Å². The fourth-order valence-electron chi connectivity index (χ4n) is 3.97. The number of esters is 2. The van der Waals surface area contributed by atoms with Crippen LogP contribution in [0.25, 0.3) is 0 Å². The van der Waals surface area contributed by atoms with Gasteiger partial charge in [-0.25, -0.2) is 13.2 Å². The molecule has 2 unspecified atom stereocenters. The maximum Gasteiger partial charge on any atom is 0.334 e. The molecule has 0 N–H and O–H groups in total. The van der Waals surface area contributed by atoms with Crippen LogP contribution in [0.2, 0.25) is 0 Å². The number of non-ortho nitro benzene ring substituents is 1. The Hall–Kier alpha value is -3.57. The summed E-state index contributed by atoms with van der Waals surface area (Å²) < 4.78 is 38.6. The van der Waals surface area contributed by atoms with Crippen molar-refractivity contribution >= 4 is 27.6 Å². The minimum atomic E-state index is -4.13. The maximum absolute atomic E-state index is 13.5. The quantitative estimate of drug-likeness (QED) is 0.306. The first kappa shape index (κ1) is 26.0. The van der Waals surface area contributed by atoms with E-state index in [4.69, 9.17) is 9.47 Å². The molecule has 1 aliphatic heterocycles. The molecule has 0 aliphatic carbocycles. The smallest absolute Gasteiger partial charge is 0.334 e. The Labute approximate surface area is 203 Å². The van der Waals surface area contributed by atoms with E-state index < -0.39 is 38.7 Å². The van der Waals surface area contributed by atoms with Gasteiger partial charge in [-0.1, -0.05) is 36.4 Å². The molecule has 0 aromatic heterocycles. The molecule has 2 atom stereocenters. The number of carbonyl (C=O) groups excluding carboxylic acids is 2. The molecule has 2 aromatic carbocycles. The standard InChI is InChI=1S/C24H26N2O8S/c1-3-33-23(27)20-14-15-25(35(31,32)19-12-10-18(11-13-19)26(29)30)16-21(17-8-6-5-7-9-17)22(20)24(28)34-4-2/h5-14,21-22H,3-4,15-16H2,1-2H3. The van der Waals surface area contributed by atoms with Gasteiger partial charge < -0.3 is 9.47 Å². The summed E-state index contributed by atoms with van der Waals surface area (Å²) in [5.41, 5.74) is 0.431. The molecular formula is C24H26N2O8S. The van der Waals surface area contributed by atoms with Gasteiger partial charge in [-0.15, -0.1) is 0 Å². The van der Waals surface area contributed by atoms with Crippen molar-refractivity contribution in [2.75, 3.05) is 26.3 Å². The number of ether oxygens (including phenoxy) is 2. The summed E-state index contributed by atoms with van der Waals surface area (Å²) in [6.07, 6.45) is 1.38. The van der Waals surface area contributed by atoms with Crippen molar-refractivity contribution in [2.45, 2.75) is 24.7 Å². The summed E-state index contributed by atoms with van der Waals surface area (Å²) >= 11 is 0. The summed E-state index contributed by atoms with van der Waals surface area (Å²) in [5, 5.41) is 11.0. The normalized spacial score (nSPS) is 18.7. The van der Waals surface area contributed by atoms with Gasteiger partial charge in [0.1, 0.15) is 0 Å². The van der Waals surface area contributed by atoms with Crippen LogP contribution in [0.3, 0.4) is 0 Å². The van der Waals surface area contributed by atoms with Crippen molar-refractivity contribution in [2.24, 2.45) is 5.92 Å². The van der Waals surface area contributed by atoms with Gasteiger partial charge in [-0.3, -0.25) is 14.9 Å². The van der Waals surface area contributed by atoms with Crippen LogP contribution < -0.4 is 0 Å². The lowest BCUT2D eigenvalue weighted by Crippen LogP contribution is -2.37. The fraction of sp³-hybridized carbons (Fsp3) is 0.333. The Morgan fingerprint density at radius 1 is 1.03 bits per heavy atom. The first-order valence-corrected chi connectivity index (χ1v) is 12.5. The molecule has 0 saturated carbocycles. The van der Waals surface area contributed by atoms with Crippen LogP contribution >= 0.6 is 0 Å². The van der Waals surface area contributed by atoms with Crippen molar-refractivity contribution < 1.29 is 32.4 Å². The van der Waals surface area contributed by atoms with Gasteiger partial charge in [0, 0.05) is 36.7 Å². The van der Waals surface area contributed by atoms with Gasteiger partial charge in [0.15, 0.2) is 0 Å². The lowest BCUT2D eigenvalue weighted by atomic mass is 9.81. The Bertz CT molecular complexity index is 1210. The average Bonchev–Trinajstić information content (AvgIpc) is 3.06. The zero-order valence-electron chi connectivity index (χ0n) is 19.3. The first-order chi connectivity index (χ1) is 16.7. The van der Waals surface area contributed by atoms with E-state index >= 15 is 0 Å². The molecule has 0 bridgehead atoms. The maximum atomic E-state index is 13.5. The Morgan fingerprint density at radius 2 is 1.66 bits per heavy atom. The van der Waals surface area contributed by atoms with Crippen molar-refractivity contribution in [1.82, 2.24) is 4.31 Å². The number of benzene rings is 2. The number of nitro benzene ring substituents is 1. The highest BCUT2D eigenvalue weighted by Gasteiger charge is 2.42. The van der Waals surface area contributed by atoms with Crippen molar-refractivity contribution in [1.29, 1.82) is 0 Å². The Morgan fingerprint density at radius 3 is 2.23 bits per heavy atom. The number of hydrogen-bond acceptors (Lipinski definition) is 8. The van der Waals surface area contributed by atoms with Crippen LogP contribution in [0.4, 0.5) is 5.69 Å². The van der Waals surface area contributed by atoms with Crippen LogP contribution in [0.15, 0.2) is 71.1 Å². The molecule has 1 heterocycles. The number of rotatable bonds is 8. The lowest BCUT2D eigenvalue weighted by Gasteiger charge is -2.28. The highest BCUT2D eigenvalue weighted by Crippen LogP contribution is 2.37. The minimum Gasteiger partial charge on any atom is -0.466 e. The second-order valence-electron chi connectivity index (χ2n) is 7.70. The minimum absolute atomic E-state index is 0.0283. The van der Waals surface area contributed by atoms with Crippen molar-refractivity contribution in [3.8, 4) is 0 Å². The van der Waals surface area contributed by atoms with E-state index in [9.17, 15) is 28.1 Å². The molecule has 0 spiro atoms. The van der Waals surface area contributed by atoms with Crippen molar-refractivity contribution in [3.63, 3.8) is 0 Å². The van der Waals surface area contributed by atoms with E-state index in [0.717, 1.165) is 28.6 Å². The molecule has 35 heavy (non-hydrogen) atoms. The molecule has 0 radical (unpaired) electrons. The number of carbonyl (C=O) groups is 2. The van der Waals surface area contributed by atoms with Gasteiger partial charge >= 0.3 is 11.9 Å². The molecule has 3 rings (SSSR count). The van der Waals surface area contributed by atoms with Crippen molar-refractivity contribution in [3.05, 3.63) is 81.9 Å². The summed E-state index contributed by atoms with van der Waals surface area (Å²) in [5.74, 6) is -3.22. The first-order valence-electron chi connectivity index (χ1n) is 11.0. The van der Waals surface area contributed by atoms with Gasteiger partial charge in [-0.2, -0.15) is 4.31 Å². The predicted octanol–water partition coefficient (Wildman–Crippen LogP) is 3.05. The number of sulfonamides is 1. The van der Waals surface area contributed by atoms with E-state index in [1.807, 2.05) is 0 Å². The second-order valence-corrected chi connectivity index (χ2v) is 9.64. The van der Waals surface area contributed by atoms with Gasteiger partial charge in [0.25, 0.3) is 5.69 Å². The Kier molecular flexibility index (Phi) is 8.36. The van der Waals surface area contributed by atoms with Crippen LogP contribution in [0.5, 0.6) is 0 Å². The van der Waals surface area contributed by atoms with Gasteiger partial charge in [0.05, 0.1) is 29.0 Å². The average molecular weight is 503 g/mol. The molecule has 0 amide bonds. The molecule has 10 nitrogen and oxygen atoms in total. The SMILES string of the molecule is CCOC(=O)C1=CCN(S(=O)(=O)c2ccc([N+](=O)[O-])cc2)CC(c2ccccc2)C1C(=O)OCC. The summed E-state index contributed by atoms with van der Waals surface area (Å²) in [4.78, 5) is 36.1. The van der Waals surface area contributed by atoms with Crippen LogP contribution in [0.1, 0.15) is 25.3 Å². The molecule has 11 heteroatoms. The zero-order chi connectivity index (χ0) is 25.6. The molecular weight excluding hydrogens is 476 g/mol. The summed E-state index contributed by atoms with van der Waals surface area (Å²) in [7, 11) is -4.13. The second kappa shape index (κ2) is 11.2. The zero-order valence-corrected chi connectivity index (χ0v) is 20.1. The Balaban J connectivity index is 2.11. The molecule has 186 valence electrons. The predicted molar refractivity (Wildman–Crippen MR) is 126 cm³/mol. The number of hydrogen-bond donors (Lipinski definition) is 0. The summed E-state index contributed by atoms with van der Waals surface area (Å²) in [6.45, 7) is 3.10. The number of nitrogens with zero attached hydrogens (tertiary/aromatic N) is 2. The van der Waals surface area contributed by atoms with Gasteiger partial charge in [0.2, 0.25) is 10.0 Å². The van der Waals surface area contributed by atoms with E-state index in [1.54, 1.807) is 44.2 Å². The molecule has 0 fully saturated rings. The highest BCUT2D eigenvalue weighted by atomic mass is 32.2. The molecule has 0 saturated heterocycles. The van der Waals surface area contributed by atoms with E-state index in [0.29, 0.717) is 5.56 Å².